The molecule has 2 atom stereocenters. The molecule has 2 unspecified atom stereocenters. The maximum Gasteiger partial charge on any atom is 0.267 e. The number of nitrogens with one attached hydrogen (secondary N) is 1. The van der Waals surface area contributed by atoms with Crippen LogP contribution in [-0.4, -0.2) is 41.9 Å². The minimum atomic E-state index is -4.31. The molecule has 0 saturated heterocycles. The van der Waals surface area contributed by atoms with E-state index in [9.17, 15) is 22.9 Å². The molecule has 0 radical (unpaired) electrons. The first kappa shape index (κ1) is 35.1. The zero-order valence-corrected chi connectivity index (χ0v) is 24.2. The van der Waals surface area contributed by atoms with Crippen molar-refractivity contribution in [2.75, 3.05) is 5.75 Å². The van der Waals surface area contributed by atoms with Crippen molar-refractivity contribution < 1.29 is 22.9 Å². The molecule has 0 aromatic heterocycles. The highest BCUT2D eigenvalue weighted by atomic mass is 32.2. The molecule has 0 rings (SSSR count). The lowest BCUT2D eigenvalue weighted by molar-refractivity contribution is -0.122. The van der Waals surface area contributed by atoms with Gasteiger partial charge in [-0.1, -0.05) is 135 Å². The molecule has 0 saturated carbocycles. The molecule has 0 fully saturated rings. The topological polar surface area (TPSA) is 104 Å². The standard InChI is InChI=1S/C29H57NO5S/c1-3-5-7-9-10-11-12-13-14-15-16-17-18-19-21-23-25-29(32)30-27(26-36(33,34)35)28(31)24-22-20-8-6-4-2/h22,24,27-28,31H,3-21,23,25-26H2,1-2H3,(H,30,32)(H,33,34,35)/b24-22+. The number of amides is 1. The molecule has 3 N–H and O–H groups in total. The predicted octanol–water partition coefficient (Wildman–Crippen LogP) is 7.51. The Morgan fingerprint density at radius 2 is 1.14 bits per heavy atom. The second-order valence-electron chi connectivity index (χ2n) is 10.4. The van der Waals surface area contributed by atoms with Gasteiger partial charge in [0.25, 0.3) is 10.1 Å². The third-order valence-corrected chi connectivity index (χ3v) is 7.49. The largest absolute Gasteiger partial charge is 0.387 e. The van der Waals surface area contributed by atoms with Crippen LogP contribution >= 0.6 is 0 Å². The van der Waals surface area contributed by atoms with Crippen LogP contribution in [0.1, 0.15) is 149 Å². The summed E-state index contributed by atoms with van der Waals surface area (Å²) in [6, 6.07) is -1.05. The first-order valence-corrected chi connectivity index (χ1v) is 16.5. The highest BCUT2D eigenvalue weighted by molar-refractivity contribution is 7.85. The van der Waals surface area contributed by atoms with Crippen molar-refractivity contribution in [3.05, 3.63) is 12.2 Å². The van der Waals surface area contributed by atoms with Crippen molar-refractivity contribution in [1.82, 2.24) is 5.32 Å². The van der Waals surface area contributed by atoms with E-state index in [2.05, 4.69) is 19.2 Å². The average Bonchev–Trinajstić information content (AvgIpc) is 2.82. The maximum absolute atomic E-state index is 12.3. The van der Waals surface area contributed by atoms with Crippen LogP contribution < -0.4 is 5.32 Å². The van der Waals surface area contributed by atoms with Crippen molar-refractivity contribution in [2.45, 2.75) is 161 Å². The fourth-order valence-corrected chi connectivity index (χ4v) is 5.18. The molecule has 0 aromatic carbocycles. The number of carbonyl (C=O) groups is 1. The molecule has 0 heterocycles. The maximum atomic E-state index is 12.3. The molecule has 0 bridgehead atoms. The summed E-state index contributed by atoms with van der Waals surface area (Å²) in [5.74, 6) is -0.981. The summed E-state index contributed by atoms with van der Waals surface area (Å²) in [6.45, 7) is 4.37. The third-order valence-electron chi connectivity index (χ3n) is 6.71. The van der Waals surface area contributed by atoms with E-state index in [0.717, 1.165) is 44.9 Å². The van der Waals surface area contributed by atoms with Crippen LogP contribution in [0.15, 0.2) is 12.2 Å². The third kappa shape index (κ3) is 24.8. The molecule has 0 aromatic rings. The van der Waals surface area contributed by atoms with Crippen molar-refractivity contribution in [3.8, 4) is 0 Å². The van der Waals surface area contributed by atoms with E-state index in [-0.39, 0.29) is 5.91 Å². The van der Waals surface area contributed by atoms with E-state index in [1.165, 1.54) is 89.5 Å². The van der Waals surface area contributed by atoms with Gasteiger partial charge in [0.1, 0.15) is 0 Å². The number of aliphatic hydroxyl groups is 1. The zero-order chi connectivity index (χ0) is 26.9. The van der Waals surface area contributed by atoms with E-state index < -0.39 is 28.0 Å². The lowest BCUT2D eigenvalue weighted by Crippen LogP contribution is -2.46. The summed E-state index contributed by atoms with van der Waals surface area (Å²) >= 11 is 0. The Morgan fingerprint density at radius 1 is 0.722 bits per heavy atom. The molecule has 0 spiro atoms. The summed E-state index contributed by atoms with van der Waals surface area (Å²) in [4.78, 5) is 12.3. The van der Waals surface area contributed by atoms with Gasteiger partial charge in [0.15, 0.2) is 0 Å². The summed E-state index contributed by atoms with van der Waals surface area (Å²) in [5, 5.41) is 12.9. The number of hydrogen-bond donors (Lipinski definition) is 3. The Labute approximate surface area is 222 Å². The van der Waals surface area contributed by atoms with Gasteiger partial charge >= 0.3 is 0 Å². The number of hydrogen-bond acceptors (Lipinski definition) is 4. The van der Waals surface area contributed by atoms with Gasteiger partial charge in [0.05, 0.1) is 17.9 Å². The lowest BCUT2D eigenvalue weighted by atomic mass is 10.0. The molecule has 7 heteroatoms. The van der Waals surface area contributed by atoms with Gasteiger partial charge in [-0.3, -0.25) is 9.35 Å². The van der Waals surface area contributed by atoms with Gasteiger partial charge < -0.3 is 10.4 Å². The van der Waals surface area contributed by atoms with Crippen LogP contribution in [-0.2, 0) is 14.9 Å². The Morgan fingerprint density at radius 3 is 1.58 bits per heavy atom. The van der Waals surface area contributed by atoms with Crippen LogP contribution in [0.25, 0.3) is 0 Å². The van der Waals surface area contributed by atoms with Crippen molar-refractivity contribution in [2.24, 2.45) is 0 Å². The van der Waals surface area contributed by atoms with Crippen LogP contribution in [0.4, 0.5) is 0 Å². The van der Waals surface area contributed by atoms with E-state index in [1.807, 2.05) is 0 Å². The molecule has 214 valence electrons. The number of rotatable bonds is 26. The van der Waals surface area contributed by atoms with Gasteiger partial charge in [-0.25, -0.2) is 0 Å². The van der Waals surface area contributed by atoms with Crippen LogP contribution in [0.2, 0.25) is 0 Å². The lowest BCUT2D eigenvalue weighted by Gasteiger charge is -2.21. The highest BCUT2D eigenvalue weighted by Gasteiger charge is 2.24. The summed E-state index contributed by atoms with van der Waals surface area (Å²) in [5.41, 5.74) is 0. The SMILES string of the molecule is CCCCC/C=C/C(O)C(CS(=O)(=O)O)NC(=O)CCCCCCCCCCCCCCCCCC. The van der Waals surface area contributed by atoms with Gasteiger partial charge in [-0.15, -0.1) is 0 Å². The number of allylic oxidation sites excluding steroid dienone is 1. The number of aliphatic hydroxyl groups excluding tert-OH is 1. The predicted molar refractivity (Wildman–Crippen MR) is 152 cm³/mol. The number of unbranched alkanes of at least 4 members (excludes halogenated alkanes) is 18. The second-order valence-corrected chi connectivity index (χ2v) is 11.9. The minimum Gasteiger partial charge on any atom is -0.387 e. The first-order chi connectivity index (χ1) is 17.3. The Balaban J connectivity index is 3.87. The fourth-order valence-electron chi connectivity index (χ4n) is 4.45. The van der Waals surface area contributed by atoms with E-state index >= 15 is 0 Å². The second kappa shape index (κ2) is 24.4. The van der Waals surface area contributed by atoms with Crippen molar-refractivity contribution in [3.63, 3.8) is 0 Å². The molecule has 0 aliphatic heterocycles. The van der Waals surface area contributed by atoms with E-state index in [0.29, 0.717) is 6.42 Å². The fraction of sp³-hybridized carbons (Fsp3) is 0.897. The molecule has 1 amide bonds. The molecule has 6 nitrogen and oxygen atoms in total. The Hall–Kier alpha value is -0.920. The number of carbonyl (C=O) groups excluding carboxylic acids is 1. The summed E-state index contributed by atoms with van der Waals surface area (Å²) < 4.78 is 31.9. The zero-order valence-electron chi connectivity index (χ0n) is 23.4. The van der Waals surface area contributed by atoms with Gasteiger partial charge in [0, 0.05) is 6.42 Å². The summed E-state index contributed by atoms with van der Waals surface area (Å²) in [7, 11) is -4.31. The molecular weight excluding hydrogens is 474 g/mol. The first-order valence-electron chi connectivity index (χ1n) is 14.9. The van der Waals surface area contributed by atoms with Gasteiger partial charge in [-0.05, 0) is 19.3 Å². The molecule has 0 aliphatic rings. The monoisotopic (exact) mass is 531 g/mol. The quantitative estimate of drug-likeness (QED) is 0.0609. The molecule has 36 heavy (non-hydrogen) atoms. The van der Waals surface area contributed by atoms with Crippen molar-refractivity contribution in [1.29, 1.82) is 0 Å². The highest BCUT2D eigenvalue weighted by Crippen LogP contribution is 2.14. The van der Waals surface area contributed by atoms with E-state index in [1.54, 1.807) is 6.08 Å². The van der Waals surface area contributed by atoms with E-state index in [4.69, 9.17) is 0 Å². The summed E-state index contributed by atoms with van der Waals surface area (Å²) in [6.07, 6.45) is 26.7. The Kier molecular flexibility index (Phi) is 23.8. The van der Waals surface area contributed by atoms with Crippen LogP contribution in [0, 0.1) is 0 Å². The average molecular weight is 532 g/mol. The van der Waals surface area contributed by atoms with Crippen LogP contribution in [0.3, 0.4) is 0 Å². The van der Waals surface area contributed by atoms with Gasteiger partial charge in [-0.2, -0.15) is 8.42 Å². The Bertz CT molecular complexity index is 636. The van der Waals surface area contributed by atoms with Gasteiger partial charge in [0.2, 0.25) is 5.91 Å². The van der Waals surface area contributed by atoms with Crippen molar-refractivity contribution >= 4 is 16.0 Å². The molecular formula is C29H57NO5S. The molecule has 0 aliphatic carbocycles. The van der Waals surface area contributed by atoms with Crippen LogP contribution in [0.5, 0.6) is 0 Å². The smallest absolute Gasteiger partial charge is 0.267 e. The minimum absolute atomic E-state index is 0.285. The normalized spacial score (nSPS) is 13.8.